The number of benzene rings is 2. The van der Waals surface area contributed by atoms with E-state index in [0.29, 0.717) is 11.4 Å². The number of nitro benzene ring substituents is 1. The number of anilines is 2. The Balaban J connectivity index is 1.70. The van der Waals surface area contributed by atoms with E-state index in [1.54, 1.807) is 18.2 Å². The van der Waals surface area contributed by atoms with Crippen LogP contribution in [0, 0.1) is 17.0 Å². The van der Waals surface area contributed by atoms with Gasteiger partial charge in [0.2, 0.25) is 0 Å². The molecule has 1 heterocycles. The van der Waals surface area contributed by atoms with E-state index >= 15 is 0 Å². The summed E-state index contributed by atoms with van der Waals surface area (Å²) in [6.07, 6.45) is 2.01. The predicted molar refractivity (Wildman–Crippen MR) is 114 cm³/mol. The molecule has 0 unspecified atom stereocenters. The Morgan fingerprint density at radius 1 is 1.13 bits per heavy atom. The largest absolute Gasteiger partial charge is 0.449 e. The lowest BCUT2D eigenvalue weighted by Crippen LogP contribution is -2.31. The van der Waals surface area contributed by atoms with E-state index in [2.05, 4.69) is 5.32 Å². The van der Waals surface area contributed by atoms with E-state index < -0.39 is 22.9 Å². The minimum atomic E-state index is -1.06. The van der Waals surface area contributed by atoms with Crippen LogP contribution in [0.3, 0.4) is 0 Å². The SMILES string of the molecule is Cc1cccc(NC(=O)[C@@H](C)OC(=O)c2ccc(N3CCCCC3)c([N+](=O)[O-])c2)c1. The Labute approximate surface area is 175 Å². The van der Waals surface area contributed by atoms with Crippen LogP contribution in [0.25, 0.3) is 0 Å². The quantitative estimate of drug-likeness (QED) is 0.437. The van der Waals surface area contributed by atoms with Crippen molar-refractivity contribution in [3.05, 3.63) is 63.7 Å². The van der Waals surface area contributed by atoms with Gasteiger partial charge in [-0.3, -0.25) is 14.9 Å². The first-order valence-electron chi connectivity index (χ1n) is 9.97. The monoisotopic (exact) mass is 411 g/mol. The molecule has 158 valence electrons. The lowest BCUT2D eigenvalue weighted by molar-refractivity contribution is -0.384. The van der Waals surface area contributed by atoms with Crippen molar-refractivity contribution in [2.24, 2.45) is 0 Å². The van der Waals surface area contributed by atoms with Crippen molar-refractivity contribution in [2.45, 2.75) is 39.2 Å². The minimum absolute atomic E-state index is 0.0395. The number of nitrogens with one attached hydrogen (secondary N) is 1. The summed E-state index contributed by atoms with van der Waals surface area (Å²) in [5.41, 5.74) is 1.99. The van der Waals surface area contributed by atoms with Crippen molar-refractivity contribution < 1.29 is 19.2 Å². The van der Waals surface area contributed by atoms with Crippen molar-refractivity contribution in [1.82, 2.24) is 0 Å². The Hall–Kier alpha value is -3.42. The van der Waals surface area contributed by atoms with E-state index in [1.165, 1.54) is 19.1 Å². The van der Waals surface area contributed by atoms with E-state index in [4.69, 9.17) is 4.74 Å². The number of piperidine rings is 1. The average molecular weight is 411 g/mol. The van der Waals surface area contributed by atoms with Gasteiger partial charge in [-0.1, -0.05) is 12.1 Å². The Bertz CT molecular complexity index is 954. The number of rotatable bonds is 6. The highest BCUT2D eigenvalue weighted by molar-refractivity contribution is 5.98. The van der Waals surface area contributed by atoms with Gasteiger partial charge in [-0.05, 0) is 62.9 Å². The zero-order valence-corrected chi connectivity index (χ0v) is 17.1. The van der Waals surface area contributed by atoms with Crippen LogP contribution in [0.15, 0.2) is 42.5 Å². The average Bonchev–Trinajstić information content (AvgIpc) is 2.73. The number of carbonyl (C=O) groups is 2. The molecule has 1 amide bonds. The number of amides is 1. The number of esters is 1. The molecule has 2 aromatic rings. The summed E-state index contributed by atoms with van der Waals surface area (Å²) in [5, 5.41) is 14.3. The van der Waals surface area contributed by atoms with Gasteiger partial charge in [0.25, 0.3) is 11.6 Å². The van der Waals surface area contributed by atoms with Crippen molar-refractivity contribution in [3.63, 3.8) is 0 Å². The molecule has 1 aliphatic heterocycles. The highest BCUT2D eigenvalue weighted by Gasteiger charge is 2.25. The first-order chi connectivity index (χ1) is 14.3. The summed E-state index contributed by atoms with van der Waals surface area (Å²) in [6.45, 7) is 4.86. The first-order valence-corrected chi connectivity index (χ1v) is 9.97. The summed E-state index contributed by atoms with van der Waals surface area (Å²) in [4.78, 5) is 37.9. The first kappa shape index (κ1) is 21.3. The van der Waals surface area contributed by atoms with Crippen molar-refractivity contribution >= 4 is 28.9 Å². The van der Waals surface area contributed by atoms with Crippen LogP contribution in [0.4, 0.5) is 17.1 Å². The van der Waals surface area contributed by atoms with Crippen molar-refractivity contribution in [1.29, 1.82) is 0 Å². The fraction of sp³-hybridized carbons (Fsp3) is 0.364. The lowest BCUT2D eigenvalue weighted by atomic mass is 10.1. The lowest BCUT2D eigenvalue weighted by Gasteiger charge is -2.28. The molecule has 8 heteroatoms. The second-order valence-corrected chi connectivity index (χ2v) is 7.41. The second-order valence-electron chi connectivity index (χ2n) is 7.41. The zero-order valence-electron chi connectivity index (χ0n) is 17.1. The van der Waals surface area contributed by atoms with Crippen molar-refractivity contribution in [2.75, 3.05) is 23.3 Å². The van der Waals surface area contributed by atoms with Crippen LogP contribution in [0.1, 0.15) is 42.1 Å². The van der Waals surface area contributed by atoms with Crippen LogP contribution in [-0.4, -0.2) is 36.0 Å². The highest BCUT2D eigenvalue weighted by Crippen LogP contribution is 2.31. The third-order valence-electron chi connectivity index (χ3n) is 5.04. The van der Waals surface area contributed by atoms with E-state index in [9.17, 15) is 19.7 Å². The maximum atomic E-state index is 12.5. The van der Waals surface area contributed by atoms with Gasteiger partial charge in [-0.2, -0.15) is 0 Å². The standard InChI is InChI=1S/C22H25N3O5/c1-15-7-6-8-18(13-15)23-21(26)16(2)30-22(27)17-9-10-19(20(14-17)25(28)29)24-11-4-3-5-12-24/h6-10,13-14,16H,3-5,11-12H2,1-2H3,(H,23,26)/t16-/m1/s1. The van der Waals surface area contributed by atoms with Gasteiger partial charge < -0.3 is 15.0 Å². The smallest absolute Gasteiger partial charge is 0.339 e. The van der Waals surface area contributed by atoms with E-state index in [-0.39, 0.29) is 11.3 Å². The molecule has 3 rings (SSSR count). The number of aryl methyl sites for hydroxylation is 1. The van der Waals surface area contributed by atoms with Crippen LogP contribution in [-0.2, 0) is 9.53 Å². The molecule has 1 saturated heterocycles. The molecular weight excluding hydrogens is 386 g/mol. The summed E-state index contributed by atoms with van der Waals surface area (Å²) in [5.74, 6) is -1.26. The number of carbonyl (C=O) groups excluding carboxylic acids is 2. The normalized spacial score (nSPS) is 14.7. The Morgan fingerprint density at radius 2 is 1.87 bits per heavy atom. The number of nitro groups is 1. The summed E-state index contributed by atoms with van der Waals surface area (Å²) >= 11 is 0. The Kier molecular flexibility index (Phi) is 6.66. The molecule has 8 nitrogen and oxygen atoms in total. The van der Waals surface area contributed by atoms with Gasteiger partial charge in [-0.25, -0.2) is 4.79 Å². The van der Waals surface area contributed by atoms with Gasteiger partial charge in [0.15, 0.2) is 6.10 Å². The van der Waals surface area contributed by atoms with Crippen LogP contribution < -0.4 is 10.2 Å². The third kappa shape index (κ3) is 5.14. The molecule has 0 aliphatic carbocycles. The molecule has 1 N–H and O–H groups in total. The van der Waals surface area contributed by atoms with Gasteiger partial charge in [0, 0.05) is 24.8 Å². The number of hydrogen-bond donors (Lipinski definition) is 1. The van der Waals surface area contributed by atoms with Gasteiger partial charge in [-0.15, -0.1) is 0 Å². The second kappa shape index (κ2) is 9.39. The van der Waals surface area contributed by atoms with Crippen molar-refractivity contribution in [3.8, 4) is 0 Å². The van der Waals surface area contributed by atoms with Gasteiger partial charge >= 0.3 is 5.97 Å². The van der Waals surface area contributed by atoms with Gasteiger partial charge in [0.05, 0.1) is 10.5 Å². The molecule has 1 aliphatic rings. The molecule has 2 aromatic carbocycles. The number of hydrogen-bond acceptors (Lipinski definition) is 6. The van der Waals surface area contributed by atoms with Gasteiger partial charge in [0.1, 0.15) is 5.69 Å². The fourth-order valence-electron chi connectivity index (χ4n) is 3.45. The molecule has 0 bridgehead atoms. The summed E-state index contributed by atoms with van der Waals surface area (Å²) in [7, 11) is 0. The molecule has 0 aromatic heterocycles. The molecule has 1 atom stereocenters. The fourth-order valence-corrected chi connectivity index (χ4v) is 3.45. The van der Waals surface area contributed by atoms with Crippen LogP contribution >= 0.6 is 0 Å². The maximum Gasteiger partial charge on any atom is 0.339 e. The molecule has 30 heavy (non-hydrogen) atoms. The molecule has 0 radical (unpaired) electrons. The maximum absolute atomic E-state index is 12.5. The molecule has 0 spiro atoms. The molecule has 0 saturated carbocycles. The molecular formula is C22H25N3O5. The van der Waals surface area contributed by atoms with Crippen LogP contribution in [0.2, 0.25) is 0 Å². The topological polar surface area (TPSA) is 102 Å². The molecule has 1 fully saturated rings. The minimum Gasteiger partial charge on any atom is -0.449 e. The van der Waals surface area contributed by atoms with Crippen LogP contribution in [0.5, 0.6) is 0 Å². The van der Waals surface area contributed by atoms with E-state index in [0.717, 1.165) is 37.9 Å². The predicted octanol–water partition coefficient (Wildman–Crippen LogP) is 4.08. The Morgan fingerprint density at radius 3 is 2.53 bits per heavy atom. The third-order valence-corrected chi connectivity index (χ3v) is 5.04. The zero-order chi connectivity index (χ0) is 21.7. The number of ether oxygens (including phenoxy) is 1. The van der Waals surface area contributed by atoms with E-state index in [1.807, 2.05) is 24.0 Å². The summed E-state index contributed by atoms with van der Waals surface area (Å²) < 4.78 is 5.23. The highest BCUT2D eigenvalue weighted by atomic mass is 16.6. The number of nitrogens with zero attached hydrogens (tertiary/aromatic N) is 2. The summed E-state index contributed by atoms with van der Waals surface area (Å²) in [6, 6.07) is 11.6.